The third-order valence-corrected chi connectivity index (χ3v) is 4.23. The summed E-state index contributed by atoms with van der Waals surface area (Å²) in [7, 11) is 0. The first kappa shape index (κ1) is 15.3. The fraction of sp³-hybridized carbons (Fsp3) is 0.923. The van der Waals surface area contributed by atoms with Crippen LogP contribution in [0.25, 0.3) is 0 Å². The molecule has 1 N–H and O–H groups in total. The van der Waals surface area contributed by atoms with E-state index < -0.39 is 12.7 Å². The molecule has 0 saturated heterocycles. The summed E-state index contributed by atoms with van der Waals surface area (Å²) < 4.78 is 36.3. The van der Waals surface area contributed by atoms with E-state index in [-0.39, 0.29) is 11.5 Å². The van der Waals surface area contributed by atoms with E-state index in [1.165, 1.54) is 0 Å². The zero-order chi connectivity index (χ0) is 13.8. The first-order chi connectivity index (χ1) is 8.29. The Hall–Kier alpha value is -0.760. The van der Waals surface area contributed by atoms with Gasteiger partial charge in [0.1, 0.15) is 0 Å². The molecule has 0 atom stereocenters. The van der Waals surface area contributed by atoms with Crippen molar-refractivity contribution < 1.29 is 13.2 Å². The van der Waals surface area contributed by atoms with E-state index in [4.69, 9.17) is 5.26 Å². The molecule has 1 rings (SSSR count). The van der Waals surface area contributed by atoms with Crippen molar-refractivity contribution in [3.63, 3.8) is 0 Å². The van der Waals surface area contributed by atoms with Crippen LogP contribution in [0, 0.1) is 22.7 Å². The van der Waals surface area contributed by atoms with Gasteiger partial charge in [-0.05, 0) is 37.0 Å². The molecule has 0 aliphatic heterocycles. The highest BCUT2D eigenvalue weighted by molar-refractivity contribution is 4.95. The van der Waals surface area contributed by atoms with Gasteiger partial charge in [0, 0.05) is 12.5 Å². The molecule has 0 aromatic carbocycles. The van der Waals surface area contributed by atoms with Crippen LogP contribution in [0.2, 0.25) is 0 Å². The van der Waals surface area contributed by atoms with E-state index in [1.54, 1.807) is 0 Å². The topological polar surface area (TPSA) is 35.8 Å². The predicted molar refractivity (Wildman–Crippen MR) is 63.8 cm³/mol. The highest BCUT2D eigenvalue weighted by atomic mass is 19.4. The number of nitrogens with zero attached hydrogens (tertiary/aromatic N) is 1. The molecule has 0 amide bonds. The Balaban J connectivity index is 2.46. The lowest BCUT2D eigenvalue weighted by Gasteiger charge is -2.42. The van der Waals surface area contributed by atoms with Gasteiger partial charge in [0.25, 0.3) is 0 Å². The van der Waals surface area contributed by atoms with E-state index in [2.05, 4.69) is 25.2 Å². The number of nitriles is 1. The molecule has 0 heterocycles. The van der Waals surface area contributed by atoms with Gasteiger partial charge in [-0.3, -0.25) is 0 Å². The van der Waals surface area contributed by atoms with Crippen LogP contribution in [0.5, 0.6) is 0 Å². The van der Waals surface area contributed by atoms with Crippen molar-refractivity contribution in [2.24, 2.45) is 11.3 Å². The Morgan fingerprint density at radius 3 is 2.28 bits per heavy atom. The van der Waals surface area contributed by atoms with Crippen LogP contribution in [0.3, 0.4) is 0 Å². The summed E-state index contributed by atoms with van der Waals surface area (Å²) in [5, 5.41) is 11.5. The Morgan fingerprint density at radius 1 is 1.33 bits per heavy atom. The van der Waals surface area contributed by atoms with E-state index in [0.717, 1.165) is 25.7 Å². The summed E-state index contributed by atoms with van der Waals surface area (Å²) in [6.45, 7) is 3.28. The molecule has 18 heavy (non-hydrogen) atoms. The lowest BCUT2D eigenvalue weighted by Crippen LogP contribution is -2.43. The number of nitrogens with one attached hydrogen (secondary N) is 1. The standard InChI is InChI=1S/C13H21F3N2/c1-10(2)12(7-8-17)5-3-11(4-6-12)18-9-13(14,15)16/h10-11,18H,3-7,9H2,1-2H3. The smallest absolute Gasteiger partial charge is 0.306 e. The molecule has 2 nitrogen and oxygen atoms in total. The summed E-state index contributed by atoms with van der Waals surface area (Å²) >= 11 is 0. The van der Waals surface area contributed by atoms with Gasteiger partial charge in [-0.1, -0.05) is 13.8 Å². The van der Waals surface area contributed by atoms with Crippen LogP contribution in [-0.4, -0.2) is 18.8 Å². The molecule has 0 radical (unpaired) electrons. The summed E-state index contributed by atoms with van der Waals surface area (Å²) in [4.78, 5) is 0. The van der Waals surface area contributed by atoms with Crippen molar-refractivity contribution in [2.45, 2.75) is 58.2 Å². The zero-order valence-electron chi connectivity index (χ0n) is 11.0. The largest absolute Gasteiger partial charge is 0.401 e. The molecule has 1 fully saturated rings. The maximum Gasteiger partial charge on any atom is 0.401 e. The second kappa shape index (κ2) is 5.92. The highest BCUT2D eigenvalue weighted by Gasteiger charge is 2.38. The van der Waals surface area contributed by atoms with E-state index in [1.807, 2.05) is 0 Å². The van der Waals surface area contributed by atoms with Crippen molar-refractivity contribution in [1.29, 1.82) is 5.26 Å². The normalized spacial score (nSPS) is 29.3. The van der Waals surface area contributed by atoms with Crippen LogP contribution >= 0.6 is 0 Å². The lowest BCUT2D eigenvalue weighted by molar-refractivity contribution is -0.127. The number of hydrogen-bond donors (Lipinski definition) is 1. The summed E-state index contributed by atoms with van der Waals surface area (Å²) in [5.74, 6) is 0.403. The third kappa shape index (κ3) is 4.16. The van der Waals surface area contributed by atoms with Gasteiger partial charge >= 0.3 is 6.18 Å². The maximum absolute atomic E-state index is 12.1. The molecule has 1 aliphatic carbocycles. The molecule has 1 saturated carbocycles. The SMILES string of the molecule is CC(C)C1(CC#N)CCC(NCC(F)(F)F)CC1. The van der Waals surface area contributed by atoms with E-state index in [0.29, 0.717) is 12.3 Å². The second-order valence-corrected chi connectivity index (χ2v) is 5.62. The Bertz CT molecular complexity index is 296. The molecule has 0 bridgehead atoms. The van der Waals surface area contributed by atoms with Crippen molar-refractivity contribution in [3.8, 4) is 6.07 Å². The number of rotatable bonds is 4. The summed E-state index contributed by atoms with van der Waals surface area (Å²) in [6.07, 6.45) is -0.483. The Kier molecular flexibility index (Phi) is 5.03. The number of hydrogen-bond acceptors (Lipinski definition) is 2. The van der Waals surface area contributed by atoms with Gasteiger partial charge in [0.05, 0.1) is 12.6 Å². The van der Waals surface area contributed by atoms with Crippen LogP contribution in [-0.2, 0) is 0 Å². The van der Waals surface area contributed by atoms with E-state index >= 15 is 0 Å². The Morgan fingerprint density at radius 2 is 1.89 bits per heavy atom. The molecule has 0 unspecified atom stereocenters. The first-order valence-electron chi connectivity index (χ1n) is 6.46. The zero-order valence-corrected chi connectivity index (χ0v) is 11.0. The van der Waals surface area contributed by atoms with E-state index in [9.17, 15) is 13.2 Å². The molecule has 1 aliphatic rings. The van der Waals surface area contributed by atoms with Crippen molar-refractivity contribution >= 4 is 0 Å². The fourth-order valence-electron chi connectivity index (χ4n) is 2.77. The lowest BCUT2D eigenvalue weighted by atomic mass is 9.64. The maximum atomic E-state index is 12.1. The average Bonchev–Trinajstić information content (AvgIpc) is 2.27. The van der Waals surface area contributed by atoms with Crippen molar-refractivity contribution in [2.75, 3.05) is 6.54 Å². The van der Waals surface area contributed by atoms with Crippen LogP contribution in [0.1, 0.15) is 46.0 Å². The van der Waals surface area contributed by atoms with Crippen LogP contribution in [0.15, 0.2) is 0 Å². The minimum Gasteiger partial charge on any atom is -0.306 e. The van der Waals surface area contributed by atoms with Gasteiger partial charge in [0.15, 0.2) is 0 Å². The number of alkyl halides is 3. The Labute approximate surface area is 107 Å². The van der Waals surface area contributed by atoms with Crippen LogP contribution in [0.4, 0.5) is 13.2 Å². The van der Waals surface area contributed by atoms with Gasteiger partial charge in [0.2, 0.25) is 0 Å². The highest BCUT2D eigenvalue weighted by Crippen LogP contribution is 2.45. The molecule has 0 aromatic heterocycles. The van der Waals surface area contributed by atoms with Crippen LogP contribution < -0.4 is 5.32 Å². The molecule has 5 heteroatoms. The molecular weight excluding hydrogens is 241 g/mol. The molecule has 0 spiro atoms. The fourth-order valence-corrected chi connectivity index (χ4v) is 2.77. The molecule has 104 valence electrons. The minimum absolute atomic E-state index is 0.00512. The van der Waals surface area contributed by atoms with Gasteiger partial charge in [-0.25, -0.2) is 0 Å². The van der Waals surface area contributed by atoms with Crippen molar-refractivity contribution in [3.05, 3.63) is 0 Å². The summed E-state index contributed by atoms with van der Waals surface area (Å²) in [5.41, 5.74) is 0.00512. The van der Waals surface area contributed by atoms with Gasteiger partial charge in [-0.15, -0.1) is 0 Å². The average molecular weight is 262 g/mol. The summed E-state index contributed by atoms with van der Waals surface area (Å²) in [6, 6.07) is 2.17. The van der Waals surface area contributed by atoms with Gasteiger partial charge in [-0.2, -0.15) is 18.4 Å². The third-order valence-electron chi connectivity index (χ3n) is 4.23. The minimum atomic E-state index is -4.14. The van der Waals surface area contributed by atoms with Crippen molar-refractivity contribution in [1.82, 2.24) is 5.32 Å². The predicted octanol–water partition coefficient (Wildman–Crippen LogP) is 3.64. The second-order valence-electron chi connectivity index (χ2n) is 5.62. The first-order valence-corrected chi connectivity index (χ1v) is 6.46. The monoisotopic (exact) mass is 262 g/mol. The quantitative estimate of drug-likeness (QED) is 0.839. The molecule has 0 aromatic rings. The number of halogens is 3. The van der Waals surface area contributed by atoms with Gasteiger partial charge < -0.3 is 5.32 Å². The molecular formula is C13H21F3N2.